The standard InChI is InChI=1S/C28H23O3P/c1-29-27-23-14-8-6-10-20(23)16-18-25(27)32(31-22-12-4-3-5-13-22)26-19-17-21-11-7-9-15-24(21)28(26)30-2/h3-19H,1-2H3. The summed E-state index contributed by atoms with van der Waals surface area (Å²) in [4.78, 5) is 0. The third-order valence-corrected chi connectivity index (χ3v) is 7.48. The Labute approximate surface area is 189 Å². The summed E-state index contributed by atoms with van der Waals surface area (Å²) in [5, 5.41) is 6.42. The van der Waals surface area contributed by atoms with Crippen LogP contribution in [0, 0.1) is 0 Å². The molecule has 0 aromatic heterocycles. The van der Waals surface area contributed by atoms with E-state index >= 15 is 0 Å². The number of fused-ring (bicyclic) bond motifs is 2. The monoisotopic (exact) mass is 438 g/mol. The van der Waals surface area contributed by atoms with Crippen LogP contribution in [0.25, 0.3) is 21.5 Å². The molecule has 0 bridgehead atoms. The first-order valence-electron chi connectivity index (χ1n) is 10.4. The Bertz CT molecular complexity index is 1290. The number of methoxy groups -OCH3 is 2. The molecular formula is C28H23O3P. The van der Waals surface area contributed by atoms with Gasteiger partial charge in [-0.3, -0.25) is 0 Å². The van der Waals surface area contributed by atoms with Crippen LogP contribution in [0.15, 0.2) is 103 Å². The van der Waals surface area contributed by atoms with Crippen LogP contribution in [0.5, 0.6) is 17.2 Å². The zero-order valence-electron chi connectivity index (χ0n) is 18.0. The van der Waals surface area contributed by atoms with Crippen LogP contribution in [-0.2, 0) is 0 Å². The van der Waals surface area contributed by atoms with Gasteiger partial charge in [0.25, 0.3) is 0 Å². The molecule has 0 amide bonds. The topological polar surface area (TPSA) is 27.7 Å². The number of ether oxygens (including phenoxy) is 2. The summed E-state index contributed by atoms with van der Waals surface area (Å²) >= 11 is 0. The van der Waals surface area contributed by atoms with Crippen molar-refractivity contribution >= 4 is 40.3 Å². The van der Waals surface area contributed by atoms with E-state index in [0.29, 0.717) is 0 Å². The summed E-state index contributed by atoms with van der Waals surface area (Å²) in [6.07, 6.45) is 0. The molecule has 0 aliphatic carbocycles. The quantitative estimate of drug-likeness (QED) is 0.286. The highest BCUT2D eigenvalue weighted by molar-refractivity contribution is 7.69. The smallest absolute Gasteiger partial charge is 0.158 e. The average molecular weight is 438 g/mol. The van der Waals surface area contributed by atoms with Gasteiger partial charge in [-0.1, -0.05) is 78.9 Å². The fraction of sp³-hybridized carbons (Fsp3) is 0.0714. The summed E-state index contributed by atoms with van der Waals surface area (Å²) in [5.41, 5.74) is 0. The normalized spacial score (nSPS) is 11.1. The minimum absolute atomic E-state index is 0.809. The van der Waals surface area contributed by atoms with E-state index in [9.17, 15) is 0 Å². The van der Waals surface area contributed by atoms with Gasteiger partial charge in [-0.15, -0.1) is 0 Å². The second-order valence-electron chi connectivity index (χ2n) is 7.38. The van der Waals surface area contributed by atoms with Crippen LogP contribution in [0.4, 0.5) is 0 Å². The highest BCUT2D eigenvalue weighted by Crippen LogP contribution is 2.45. The summed E-state index contributed by atoms with van der Waals surface area (Å²) < 4.78 is 18.6. The summed E-state index contributed by atoms with van der Waals surface area (Å²) in [6.45, 7) is 0. The van der Waals surface area contributed by atoms with Crippen LogP contribution in [0.3, 0.4) is 0 Å². The maximum Gasteiger partial charge on any atom is 0.158 e. The van der Waals surface area contributed by atoms with E-state index in [0.717, 1.165) is 49.4 Å². The van der Waals surface area contributed by atoms with Gasteiger partial charge in [-0.2, -0.15) is 0 Å². The third kappa shape index (κ3) is 3.66. The fourth-order valence-electron chi connectivity index (χ4n) is 4.03. The van der Waals surface area contributed by atoms with E-state index in [2.05, 4.69) is 48.5 Å². The van der Waals surface area contributed by atoms with Crippen molar-refractivity contribution in [3.63, 3.8) is 0 Å². The van der Waals surface area contributed by atoms with Gasteiger partial charge in [0.05, 0.1) is 24.8 Å². The van der Waals surface area contributed by atoms with Crippen molar-refractivity contribution < 1.29 is 14.0 Å². The first kappa shape index (κ1) is 20.4. The van der Waals surface area contributed by atoms with Crippen molar-refractivity contribution in [1.29, 1.82) is 0 Å². The minimum atomic E-state index is -1.28. The number of hydrogen-bond acceptors (Lipinski definition) is 3. The largest absolute Gasteiger partial charge is 0.495 e. The lowest BCUT2D eigenvalue weighted by molar-refractivity contribution is 0.421. The van der Waals surface area contributed by atoms with Gasteiger partial charge in [-0.25, -0.2) is 0 Å². The molecule has 5 aromatic rings. The molecule has 5 aromatic carbocycles. The Morgan fingerprint density at radius 1 is 0.500 bits per heavy atom. The molecule has 0 aliphatic rings. The van der Waals surface area contributed by atoms with E-state index < -0.39 is 8.15 Å². The molecule has 0 heterocycles. The second kappa shape index (κ2) is 8.90. The molecule has 0 fully saturated rings. The molecule has 0 unspecified atom stereocenters. The maximum atomic E-state index is 6.67. The first-order valence-corrected chi connectivity index (χ1v) is 11.7. The number of para-hydroxylation sites is 1. The molecule has 0 radical (unpaired) electrons. The van der Waals surface area contributed by atoms with Crippen molar-refractivity contribution in [3.8, 4) is 17.2 Å². The lowest BCUT2D eigenvalue weighted by atomic mass is 10.1. The number of hydrogen-bond donors (Lipinski definition) is 0. The molecule has 0 saturated heterocycles. The van der Waals surface area contributed by atoms with Crippen LogP contribution in [-0.4, -0.2) is 14.2 Å². The van der Waals surface area contributed by atoms with E-state index in [-0.39, 0.29) is 0 Å². The zero-order valence-corrected chi connectivity index (χ0v) is 18.9. The van der Waals surface area contributed by atoms with E-state index in [1.807, 2.05) is 54.6 Å². The van der Waals surface area contributed by atoms with E-state index in [4.69, 9.17) is 14.0 Å². The molecule has 0 spiro atoms. The highest BCUT2D eigenvalue weighted by atomic mass is 31.1. The molecule has 32 heavy (non-hydrogen) atoms. The first-order chi connectivity index (χ1) is 15.8. The van der Waals surface area contributed by atoms with Crippen molar-refractivity contribution in [2.45, 2.75) is 0 Å². The van der Waals surface area contributed by atoms with Gasteiger partial charge in [0.1, 0.15) is 17.2 Å². The van der Waals surface area contributed by atoms with Crippen molar-refractivity contribution in [3.05, 3.63) is 103 Å². The van der Waals surface area contributed by atoms with Crippen LogP contribution < -0.4 is 24.6 Å². The maximum absolute atomic E-state index is 6.67. The van der Waals surface area contributed by atoms with Gasteiger partial charge in [-0.05, 0) is 35.0 Å². The Balaban J connectivity index is 1.76. The summed E-state index contributed by atoms with van der Waals surface area (Å²) in [6, 6.07) is 34.9. The Morgan fingerprint density at radius 2 is 0.969 bits per heavy atom. The van der Waals surface area contributed by atoms with Crippen molar-refractivity contribution in [2.75, 3.05) is 14.2 Å². The van der Waals surface area contributed by atoms with Gasteiger partial charge in [0.15, 0.2) is 8.15 Å². The molecule has 0 saturated carbocycles. The molecule has 4 heteroatoms. The molecule has 0 aliphatic heterocycles. The summed E-state index contributed by atoms with van der Waals surface area (Å²) in [7, 11) is 2.17. The predicted octanol–water partition coefficient (Wildman–Crippen LogP) is 6.44. The van der Waals surface area contributed by atoms with Crippen LogP contribution in [0.2, 0.25) is 0 Å². The summed E-state index contributed by atoms with van der Waals surface area (Å²) in [5.74, 6) is 2.48. The lowest BCUT2D eigenvalue weighted by Gasteiger charge is -2.24. The van der Waals surface area contributed by atoms with Crippen molar-refractivity contribution in [1.82, 2.24) is 0 Å². The number of benzene rings is 5. The number of rotatable bonds is 6. The van der Waals surface area contributed by atoms with Crippen molar-refractivity contribution in [2.24, 2.45) is 0 Å². The van der Waals surface area contributed by atoms with Crippen LogP contribution in [0.1, 0.15) is 0 Å². The second-order valence-corrected chi connectivity index (χ2v) is 9.11. The third-order valence-electron chi connectivity index (χ3n) is 5.50. The SMILES string of the molecule is COc1c(P(Oc2ccccc2)c2ccc3ccccc3c2OC)ccc2ccccc12. The molecule has 3 nitrogen and oxygen atoms in total. The Morgan fingerprint density at radius 3 is 1.47 bits per heavy atom. The molecule has 0 atom stereocenters. The molecule has 5 rings (SSSR count). The highest BCUT2D eigenvalue weighted by Gasteiger charge is 2.27. The molecular weight excluding hydrogens is 415 g/mol. The van der Waals surface area contributed by atoms with Gasteiger partial charge in [0.2, 0.25) is 0 Å². The minimum Gasteiger partial charge on any atom is -0.495 e. The van der Waals surface area contributed by atoms with Crippen LogP contribution >= 0.6 is 8.15 Å². The lowest BCUT2D eigenvalue weighted by Crippen LogP contribution is -2.19. The van der Waals surface area contributed by atoms with E-state index in [1.165, 1.54) is 0 Å². The fourth-order valence-corrected chi connectivity index (χ4v) is 6.03. The molecule has 158 valence electrons. The van der Waals surface area contributed by atoms with Gasteiger partial charge >= 0.3 is 0 Å². The zero-order chi connectivity index (χ0) is 21.9. The Kier molecular flexibility index (Phi) is 5.66. The Hall–Kier alpha value is -3.55. The van der Waals surface area contributed by atoms with E-state index in [1.54, 1.807) is 14.2 Å². The average Bonchev–Trinajstić information content (AvgIpc) is 2.86. The van der Waals surface area contributed by atoms with Gasteiger partial charge in [0, 0.05) is 10.8 Å². The predicted molar refractivity (Wildman–Crippen MR) is 134 cm³/mol. The molecule has 0 N–H and O–H groups in total. The van der Waals surface area contributed by atoms with Gasteiger partial charge < -0.3 is 14.0 Å².